The van der Waals surface area contributed by atoms with Crippen molar-refractivity contribution in [2.24, 2.45) is 0 Å². The van der Waals surface area contributed by atoms with Crippen LogP contribution in [-0.4, -0.2) is 10.2 Å². The van der Waals surface area contributed by atoms with Crippen LogP contribution < -0.4 is 0 Å². The van der Waals surface area contributed by atoms with Crippen LogP contribution >= 0.6 is 0 Å². The summed E-state index contributed by atoms with van der Waals surface area (Å²) >= 11 is 0. The maximum Gasteiger partial charge on any atom is 0.470 e. The summed E-state index contributed by atoms with van der Waals surface area (Å²) in [4.78, 5) is 0. The minimum Gasteiger partial charge on any atom is -0.457 e. The lowest BCUT2D eigenvalue weighted by atomic mass is 10.2. The van der Waals surface area contributed by atoms with Gasteiger partial charge in [0.15, 0.2) is 0 Å². The summed E-state index contributed by atoms with van der Waals surface area (Å²) in [7, 11) is 0. The lowest BCUT2D eigenvalue weighted by Gasteiger charge is -1.96. The number of hydrogen-bond acceptors (Lipinski definition) is 4. The van der Waals surface area contributed by atoms with Crippen LogP contribution in [0, 0.1) is 6.92 Å². The average Bonchev–Trinajstić information content (AvgIpc) is 3.00. The molecule has 0 saturated heterocycles. The third-order valence-corrected chi connectivity index (χ3v) is 2.43. The highest BCUT2D eigenvalue weighted by Crippen LogP contribution is 2.28. The van der Waals surface area contributed by atoms with Crippen LogP contribution in [0.4, 0.5) is 13.2 Å². The predicted molar refractivity (Wildman–Crippen MR) is 70.9 cm³/mol. The molecule has 110 valence electrons. The first-order chi connectivity index (χ1) is 9.90. The first-order valence-electron chi connectivity index (χ1n) is 5.88. The molecule has 21 heavy (non-hydrogen) atoms. The zero-order valence-electron chi connectivity index (χ0n) is 11.0. The highest BCUT2D eigenvalue weighted by molar-refractivity contribution is 5.65. The molecule has 2 aromatic rings. The molecule has 2 heterocycles. The molecular formula is C14H11F3N2O2. The van der Waals surface area contributed by atoms with Gasteiger partial charge in [0.25, 0.3) is 0 Å². The zero-order chi connectivity index (χ0) is 15.5. The van der Waals surface area contributed by atoms with Crippen molar-refractivity contribution in [2.75, 3.05) is 0 Å². The van der Waals surface area contributed by atoms with Crippen molar-refractivity contribution in [3.63, 3.8) is 0 Å². The quantitative estimate of drug-likeness (QED) is 0.787. The SMILES string of the molecule is C=C/C=C\c1oc(/C=C/c2nnc(C(F)(F)F)o2)cc1C. The molecule has 0 bridgehead atoms. The van der Waals surface area contributed by atoms with E-state index in [1.807, 2.05) is 6.92 Å². The van der Waals surface area contributed by atoms with Crippen LogP contribution in [0.2, 0.25) is 0 Å². The Labute approximate surface area is 118 Å². The monoisotopic (exact) mass is 296 g/mol. The Balaban J connectivity index is 2.16. The molecule has 0 radical (unpaired) electrons. The molecule has 0 saturated carbocycles. The molecule has 2 rings (SSSR count). The van der Waals surface area contributed by atoms with E-state index in [-0.39, 0.29) is 5.89 Å². The molecule has 0 N–H and O–H groups in total. The van der Waals surface area contributed by atoms with E-state index in [1.54, 1.807) is 24.3 Å². The number of aromatic nitrogens is 2. The van der Waals surface area contributed by atoms with Gasteiger partial charge >= 0.3 is 12.1 Å². The van der Waals surface area contributed by atoms with Gasteiger partial charge in [-0.05, 0) is 30.7 Å². The van der Waals surface area contributed by atoms with Crippen molar-refractivity contribution in [2.45, 2.75) is 13.1 Å². The van der Waals surface area contributed by atoms with Crippen molar-refractivity contribution in [1.29, 1.82) is 0 Å². The molecule has 4 nitrogen and oxygen atoms in total. The van der Waals surface area contributed by atoms with E-state index in [0.29, 0.717) is 11.5 Å². The second-order valence-electron chi connectivity index (χ2n) is 4.07. The van der Waals surface area contributed by atoms with Gasteiger partial charge in [0, 0.05) is 6.08 Å². The molecule has 0 aliphatic carbocycles. The maximum absolute atomic E-state index is 12.3. The van der Waals surface area contributed by atoms with E-state index in [9.17, 15) is 13.2 Å². The Bertz CT molecular complexity index is 693. The minimum absolute atomic E-state index is 0.250. The normalized spacial score (nSPS) is 12.6. The molecule has 0 fully saturated rings. The van der Waals surface area contributed by atoms with E-state index < -0.39 is 12.1 Å². The van der Waals surface area contributed by atoms with E-state index >= 15 is 0 Å². The average molecular weight is 296 g/mol. The van der Waals surface area contributed by atoms with Crippen molar-refractivity contribution in [1.82, 2.24) is 10.2 Å². The molecule has 0 aliphatic rings. The van der Waals surface area contributed by atoms with Crippen LogP contribution in [0.15, 0.2) is 33.6 Å². The first kappa shape index (κ1) is 14.8. The van der Waals surface area contributed by atoms with Crippen LogP contribution in [0.1, 0.15) is 28.9 Å². The van der Waals surface area contributed by atoms with Crippen molar-refractivity contribution >= 4 is 18.2 Å². The van der Waals surface area contributed by atoms with Gasteiger partial charge in [-0.2, -0.15) is 13.2 Å². The highest BCUT2D eigenvalue weighted by Gasteiger charge is 2.37. The molecule has 0 aliphatic heterocycles. The standard InChI is InChI=1S/C14H11F3N2O2/c1-3-4-5-11-9(2)8-10(20-11)6-7-12-18-19-13(21-12)14(15,16)17/h3-8H,1H2,2H3/b5-4-,7-6+. The number of rotatable bonds is 4. The summed E-state index contributed by atoms with van der Waals surface area (Å²) < 4.78 is 46.8. The molecular weight excluding hydrogens is 285 g/mol. The Hall–Kier alpha value is -2.57. The Kier molecular flexibility index (Phi) is 4.11. The molecule has 0 spiro atoms. The molecule has 2 aromatic heterocycles. The topological polar surface area (TPSA) is 52.1 Å². The van der Waals surface area contributed by atoms with Gasteiger partial charge < -0.3 is 8.83 Å². The van der Waals surface area contributed by atoms with Gasteiger partial charge in [0.05, 0.1) is 0 Å². The molecule has 0 unspecified atom stereocenters. The third-order valence-electron chi connectivity index (χ3n) is 2.43. The maximum atomic E-state index is 12.3. The van der Waals surface area contributed by atoms with Gasteiger partial charge in [0.1, 0.15) is 11.5 Å². The number of allylic oxidation sites excluding steroid dienone is 2. The van der Waals surface area contributed by atoms with E-state index in [0.717, 1.165) is 5.56 Å². The minimum atomic E-state index is -4.65. The number of nitrogens with zero attached hydrogens (tertiary/aromatic N) is 2. The zero-order valence-corrected chi connectivity index (χ0v) is 11.0. The van der Waals surface area contributed by atoms with E-state index in [1.165, 1.54) is 12.2 Å². The molecule has 0 atom stereocenters. The Morgan fingerprint density at radius 1 is 1.14 bits per heavy atom. The summed E-state index contributed by atoms with van der Waals surface area (Å²) in [6.45, 7) is 5.39. The summed E-state index contributed by atoms with van der Waals surface area (Å²) in [6.07, 6.45) is 3.10. The summed E-state index contributed by atoms with van der Waals surface area (Å²) in [5.74, 6) is -0.536. The summed E-state index contributed by atoms with van der Waals surface area (Å²) in [5, 5.41) is 6.20. The van der Waals surface area contributed by atoms with Gasteiger partial charge in [0.2, 0.25) is 5.89 Å². The van der Waals surface area contributed by atoms with Gasteiger partial charge in [-0.25, -0.2) is 0 Å². The number of furan rings is 1. The lowest BCUT2D eigenvalue weighted by molar-refractivity contribution is -0.157. The van der Waals surface area contributed by atoms with Crippen molar-refractivity contribution in [3.05, 3.63) is 53.7 Å². The third kappa shape index (κ3) is 3.71. The Morgan fingerprint density at radius 2 is 1.90 bits per heavy atom. The van der Waals surface area contributed by atoms with E-state index in [4.69, 9.17) is 4.42 Å². The van der Waals surface area contributed by atoms with Crippen LogP contribution in [0.5, 0.6) is 0 Å². The van der Waals surface area contributed by atoms with Gasteiger partial charge in [-0.15, -0.1) is 10.2 Å². The summed E-state index contributed by atoms with van der Waals surface area (Å²) in [6, 6.07) is 1.74. The second-order valence-corrected chi connectivity index (χ2v) is 4.07. The van der Waals surface area contributed by atoms with Crippen LogP contribution in [0.3, 0.4) is 0 Å². The number of alkyl halides is 3. The molecule has 0 aromatic carbocycles. The van der Waals surface area contributed by atoms with E-state index in [2.05, 4.69) is 21.2 Å². The van der Waals surface area contributed by atoms with Crippen LogP contribution in [-0.2, 0) is 6.18 Å². The first-order valence-corrected chi connectivity index (χ1v) is 5.88. The number of halogens is 3. The Morgan fingerprint density at radius 3 is 2.52 bits per heavy atom. The molecule has 7 heteroatoms. The van der Waals surface area contributed by atoms with Crippen LogP contribution in [0.25, 0.3) is 18.2 Å². The highest BCUT2D eigenvalue weighted by atomic mass is 19.4. The predicted octanol–water partition coefficient (Wildman–Crippen LogP) is 4.36. The summed E-state index contributed by atoms with van der Waals surface area (Å²) in [5.41, 5.74) is 0.884. The lowest BCUT2D eigenvalue weighted by Crippen LogP contribution is -2.04. The van der Waals surface area contributed by atoms with Gasteiger partial charge in [-0.1, -0.05) is 18.7 Å². The fourth-order valence-electron chi connectivity index (χ4n) is 1.49. The fourth-order valence-corrected chi connectivity index (χ4v) is 1.49. The largest absolute Gasteiger partial charge is 0.470 e. The van der Waals surface area contributed by atoms with Crippen molar-refractivity contribution in [3.8, 4) is 0 Å². The fraction of sp³-hybridized carbons (Fsp3) is 0.143. The van der Waals surface area contributed by atoms with Crippen molar-refractivity contribution < 1.29 is 22.0 Å². The smallest absolute Gasteiger partial charge is 0.457 e. The number of aryl methyl sites for hydroxylation is 1. The molecule has 0 amide bonds. The number of hydrogen-bond donors (Lipinski definition) is 0. The second kappa shape index (κ2) is 5.82. The van der Waals surface area contributed by atoms with Gasteiger partial charge in [-0.3, -0.25) is 0 Å².